The number of fused-ring (bicyclic) bond motifs is 5. The SMILES string of the molecule is Cc1ccc2c(c1)[C@@H]1[C@H](CO2)[C@H](c2ccccc2)[C@]2(C)C(=O)N(Cc3ccccc3)CC(=O)N12. The van der Waals surface area contributed by atoms with Gasteiger partial charge in [0.2, 0.25) is 11.8 Å². The Morgan fingerprint density at radius 2 is 1.68 bits per heavy atom. The molecule has 3 aliphatic heterocycles. The zero-order valence-corrected chi connectivity index (χ0v) is 19.5. The Labute approximate surface area is 199 Å². The Kier molecular flexibility index (Phi) is 4.76. The molecule has 0 radical (unpaired) electrons. The lowest BCUT2D eigenvalue weighted by atomic mass is 9.73. The zero-order valence-electron chi connectivity index (χ0n) is 19.5. The van der Waals surface area contributed by atoms with E-state index in [-0.39, 0.29) is 36.2 Å². The minimum Gasteiger partial charge on any atom is -0.493 e. The van der Waals surface area contributed by atoms with Crippen LogP contribution in [0.5, 0.6) is 5.75 Å². The Balaban J connectivity index is 1.50. The van der Waals surface area contributed by atoms with Gasteiger partial charge in [0, 0.05) is 23.9 Å². The van der Waals surface area contributed by atoms with Crippen molar-refractivity contribution in [2.45, 2.75) is 37.9 Å². The van der Waals surface area contributed by atoms with Crippen LogP contribution in [0.25, 0.3) is 0 Å². The van der Waals surface area contributed by atoms with Crippen molar-refractivity contribution in [1.29, 1.82) is 0 Å². The molecule has 6 rings (SSSR count). The largest absolute Gasteiger partial charge is 0.493 e. The molecule has 0 unspecified atom stereocenters. The molecule has 172 valence electrons. The van der Waals surface area contributed by atoms with Crippen LogP contribution in [-0.2, 0) is 16.1 Å². The lowest BCUT2D eigenvalue weighted by molar-refractivity contribution is -0.164. The number of amides is 2. The van der Waals surface area contributed by atoms with Gasteiger partial charge in [-0.25, -0.2) is 0 Å². The van der Waals surface area contributed by atoms with Gasteiger partial charge in [0.1, 0.15) is 17.8 Å². The summed E-state index contributed by atoms with van der Waals surface area (Å²) in [5.74, 6) is 0.651. The van der Waals surface area contributed by atoms with Crippen LogP contribution in [0, 0.1) is 12.8 Å². The number of rotatable bonds is 3. The van der Waals surface area contributed by atoms with Crippen LogP contribution in [0.15, 0.2) is 78.9 Å². The van der Waals surface area contributed by atoms with E-state index in [1.807, 2.05) is 72.5 Å². The number of ether oxygens (including phenoxy) is 1. The van der Waals surface area contributed by atoms with Gasteiger partial charge in [0.15, 0.2) is 0 Å². The van der Waals surface area contributed by atoms with Gasteiger partial charge in [-0.15, -0.1) is 0 Å². The van der Waals surface area contributed by atoms with Gasteiger partial charge in [-0.3, -0.25) is 9.59 Å². The summed E-state index contributed by atoms with van der Waals surface area (Å²) in [6.45, 7) is 5.02. The van der Waals surface area contributed by atoms with Crippen LogP contribution in [0.4, 0.5) is 0 Å². The molecule has 34 heavy (non-hydrogen) atoms. The van der Waals surface area contributed by atoms with Gasteiger partial charge in [-0.2, -0.15) is 0 Å². The molecule has 5 heteroatoms. The highest BCUT2D eigenvalue weighted by Crippen LogP contribution is 2.59. The van der Waals surface area contributed by atoms with Gasteiger partial charge < -0.3 is 14.5 Å². The molecule has 3 heterocycles. The molecule has 0 N–H and O–H groups in total. The first-order valence-corrected chi connectivity index (χ1v) is 11.9. The van der Waals surface area contributed by atoms with Crippen molar-refractivity contribution in [1.82, 2.24) is 9.80 Å². The molecule has 2 fully saturated rings. The minimum absolute atomic E-state index is 0.000758. The molecule has 5 nitrogen and oxygen atoms in total. The van der Waals surface area contributed by atoms with Crippen molar-refractivity contribution >= 4 is 11.8 Å². The van der Waals surface area contributed by atoms with Crippen molar-refractivity contribution in [3.05, 3.63) is 101 Å². The third kappa shape index (κ3) is 2.99. The predicted octanol–water partition coefficient (Wildman–Crippen LogP) is 4.47. The summed E-state index contributed by atoms with van der Waals surface area (Å²) in [6.07, 6.45) is 0. The number of carbonyl (C=O) groups is 2. The highest BCUT2D eigenvalue weighted by Gasteiger charge is 2.66. The predicted molar refractivity (Wildman–Crippen MR) is 129 cm³/mol. The average molecular weight is 453 g/mol. The minimum atomic E-state index is -0.991. The van der Waals surface area contributed by atoms with Crippen molar-refractivity contribution < 1.29 is 14.3 Å². The molecule has 2 saturated heterocycles. The molecule has 2 amide bonds. The van der Waals surface area contributed by atoms with Crippen LogP contribution in [0.2, 0.25) is 0 Å². The van der Waals surface area contributed by atoms with E-state index in [4.69, 9.17) is 4.74 Å². The number of carbonyl (C=O) groups excluding carboxylic acids is 2. The van der Waals surface area contributed by atoms with E-state index in [1.54, 1.807) is 4.90 Å². The highest BCUT2D eigenvalue weighted by atomic mass is 16.5. The molecule has 0 spiro atoms. The van der Waals surface area contributed by atoms with Crippen LogP contribution < -0.4 is 4.74 Å². The molecule has 0 aliphatic carbocycles. The van der Waals surface area contributed by atoms with E-state index < -0.39 is 5.54 Å². The van der Waals surface area contributed by atoms with Gasteiger partial charge in [-0.05, 0) is 31.0 Å². The highest BCUT2D eigenvalue weighted by molar-refractivity contribution is 6.00. The van der Waals surface area contributed by atoms with Crippen molar-refractivity contribution in [2.24, 2.45) is 5.92 Å². The van der Waals surface area contributed by atoms with E-state index in [2.05, 4.69) is 25.1 Å². The van der Waals surface area contributed by atoms with Crippen LogP contribution in [-0.4, -0.2) is 40.3 Å². The second kappa shape index (κ2) is 7.73. The monoisotopic (exact) mass is 452 g/mol. The molecule has 0 aromatic heterocycles. The number of hydrogen-bond acceptors (Lipinski definition) is 3. The molecule has 3 aromatic carbocycles. The van der Waals surface area contributed by atoms with E-state index in [1.165, 1.54) is 0 Å². The summed E-state index contributed by atoms with van der Waals surface area (Å²) in [5.41, 5.74) is 3.24. The first-order chi connectivity index (χ1) is 16.5. The Morgan fingerprint density at radius 1 is 0.971 bits per heavy atom. The van der Waals surface area contributed by atoms with E-state index in [0.29, 0.717) is 13.2 Å². The maximum absolute atomic E-state index is 14.3. The first kappa shape index (κ1) is 21.0. The molecular weight excluding hydrogens is 424 g/mol. The second-order valence-electron chi connectivity index (χ2n) is 9.91. The summed E-state index contributed by atoms with van der Waals surface area (Å²) in [7, 11) is 0. The fraction of sp³-hybridized carbons (Fsp3) is 0.310. The molecule has 3 aliphatic rings. The fourth-order valence-electron chi connectivity index (χ4n) is 6.45. The molecule has 0 bridgehead atoms. The van der Waals surface area contributed by atoms with Gasteiger partial charge >= 0.3 is 0 Å². The first-order valence-electron chi connectivity index (χ1n) is 11.9. The maximum atomic E-state index is 14.3. The van der Waals surface area contributed by atoms with Gasteiger partial charge in [0.05, 0.1) is 12.6 Å². The summed E-state index contributed by atoms with van der Waals surface area (Å²) < 4.78 is 6.23. The van der Waals surface area contributed by atoms with Gasteiger partial charge in [-0.1, -0.05) is 78.4 Å². The second-order valence-corrected chi connectivity index (χ2v) is 9.91. The van der Waals surface area contributed by atoms with Crippen molar-refractivity contribution in [3.8, 4) is 5.75 Å². The number of hydrogen-bond donors (Lipinski definition) is 0. The average Bonchev–Trinajstić information content (AvgIpc) is 3.14. The standard InChI is InChI=1S/C29H28N2O3/c1-19-13-14-24-22(15-19)27-23(18-34-24)26(21-11-7-4-8-12-21)29(2)28(33)30(17-25(32)31(27)29)16-20-9-5-3-6-10-20/h3-15,23,26-27H,16-18H2,1-2H3/t23-,26+,27-,29-/m1/s1. The number of aryl methyl sites for hydroxylation is 1. The number of piperazine rings is 1. The summed E-state index contributed by atoms with van der Waals surface area (Å²) in [5, 5.41) is 0. The summed E-state index contributed by atoms with van der Waals surface area (Å²) >= 11 is 0. The quantitative estimate of drug-likeness (QED) is 0.589. The fourth-order valence-corrected chi connectivity index (χ4v) is 6.45. The van der Waals surface area contributed by atoms with E-state index >= 15 is 0 Å². The van der Waals surface area contributed by atoms with Gasteiger partial charge in [0.25, 0.3) is 0 Å². The lowest BCUT2D eigenvalue weighted by Gasteiger charge is -2.47. The topological polar surface area (TPSA) is 49.9 Å². The lowest BCUT2D eigenvalue weighted by Crippen LogP contribution is -2.65. The summed E-state index contributed by atoms with van der Waals surface area (Å²) in [6, 6.07) is 26.0. The van der Waals surface area contributed by atoms with Crippen molar-refractivity contribution in [3.63, 3.8) is 0 Å². The van der Waals surface area contributed by atoms with Crippen LogP contribution in [0.1, 0.15) is 41.1 Å². The third-order valence-electron chi connectivity index (χ3n) is 7.82. The Morgan fingerprint density at radius 3 is 2.41 bits per heavy atom. The molecule has 4 atom stereocenters. The number of benzene rings is 3. The maximum Gasteiger partial charge on any atom is 0.249 e. The summed E-state index contributed by atoms with van der Waals surface area (Å²) in [4.78, 5) is 31.8. The molecule has 3 aromatic rings. The Hall–Kier alpha value is -3.60. The van der Waals surface area contributed by atoms with Crippen molar-refractivity contribution in [2.75, 3.05) is 13.2 Å². The van der Waals surface area contributed by atoms with E-state index in [9.17, 15) is 9.59 Å². The van der Waals surface area contributed by atoms with Crippen LogP contribution >= 0.6 is 0 Å². The molecular formula is C29H28N2O3. The smallest absolute Gasteiger partial charge is 0.249 e. The number of nitrogens with zero attached hydrogens (tertiary/aromatic N) is 2. The Bertz CT molecular complexity index is 1260. The normalized spacial score (nSPS) is 27.6. The van der Waals surface area contributed by atoms with E-state index in [0.717, 1.165) is 28.0 Å². The molecule has 0 saturated carbocycles. The third-order valence-corrected chi connectivity index (χ3v) is 7.82. The van der Waals surface area contributed by atoms with Crippen LogP contribution in [0.3, 0.4) is 0 Å². The zero-order chi connectivity index (χ0) is 23.4.